The first-order valence-electron chi connectivity index (χ1n) is 7.76. The van der Waals surface area contributed by atoms with Gasteiger partial charge >= 0.3 is 6.03 Å². The fourth-order valence-electron chi connectivity index (χ4n) is 1.97. The Kier molecular flexibility index (Phi) is 6.33. The van der Waals surface area contributed by atoms with Crippen LogP contribution in [0.25, 0.3) is 0 Å². The molecule has 2 rings (SSSR count). The van der Waals surface area contributed by atoms with E-state index in [1.54, 1.807) is 21.2 Å². The maximum absolute atomic E-state index is 11.9. The molecule has 1 aromatic heterocycles. The molecule has 0 unspecified atom stereocenters. The highest BCUT2D eigenvalue weighted by atomic mass is 16.5. The van der Waals surface area contributed by atoms with Crippen LogP contribution in [0.3, 0.4) is 0 Å². The average Bonchev–Trinajstić information content (AvgIpc) is 3.02. The van der Waals surface area contributed by atoms with Gasteiger partial charge in [0, 0.05) is 20.6 Å². The van der Waals surface area contributed by atoms with Crippen LogP contribution in [0.2, 0.25) is 0 Å². The number of aromatic nitrogens is 3. The fraction of sp³-hybridized carbons (Fsp3) is 0.375. The number of methoxy groups -OCH3 is 1. The summed E-state index contributed by atoms with van der Waals surface area (Å²) in [5.41, 5.74) is 1.10. The molecule has 0 saturated heterocycles. The maximum Gasteiger partial charge on any atom is 0.322 e. The van der Waals surface area contributed by atoms with E-state index in [9.17, 15) is 9.59 Å². The molecule has 0 spiro atoms. The number of benzene rings is 1. The molecule has 0 radical (unpaired) electrons. The number of nitrogens with one attached hydrogen (secondary N) is 2. The second-order valence-electron chi connectivity index (χ2n) is 5.53. The van der Waals surface area contributed by atoms with Crippen LogP contribution in [0.4, 0.5) is 10.6 Å². The van der Waals surface area contributed by atoms with Gasteiger partial charge in [0.25, 0.3) is 0 Å². The fourth-order valence-corrected chi connectivity index (χ4v) is 1.97. The van der Waals surface area contributed by atoms with Crippen LogP contribution in [-0.4, -0.2) is 59.6 Å². The molecule has 0 fully saturated rings. The van der Waals surface area contributed by atoms with E-state index in [1.165, 1.54) is 15.9 Å². The summed E-state index contributed by atoms with van der Waals surface area (Å²) in [5.74, 6) is 0.897. The summed E-state index contributed by atoms with van der Waals surface area (Å²) < 4.78 is 5.10. The molecule has 0 bridgehead atoms. The standard InChI is InChI=1S/C16H22N6O3/c1-21(2)16(24)19-14-10-18-22(20-14)11-15(23)17-9-8-12-4-6-13(25-3)7-5-12/h4-7,10H,8-9,11H2,1-3H3,(H,17,23)(H,19,20,24). The molecular formula is C16H22N6O3. The lowest BCUT2D eigenvalue weighted by Gasteiger charge is -2.09. The summed E-state index contributed by atoms with van der Waals surface area (Å²) in [6.07, 6.45) is 2.11. The Balaban J connectivity index is 1.74. The molecule has 9 nitrogen and oxygen atoms in total. The molecule has 134 valence electrons. The summed E-state index contributed by atoms with van der Waals surface area (Å²) >= 11 is 0. The molecule has 25 heavy (non-hydrogen) atoms. The van der Waals surface area contributed by atoms with Gasteiger partial charge in [0.15, 0.2) is 5.82 Å². The van der Waals surface area contributed by atoms with Crippen molar-refractivity contribution in [2.45, 2.75) is 13.0 Å². The Morgan fingerprint density at radius 3 is 2.60 bits per heavy atom. The van der Waals surface area contributed by atoms with E-state index in [0.29, 0.717) is 18.8 Å². The summed E-state index contributed by atoms with van der Waals surface area (Å²) in [6.45, 7) is 0.497. The molecule has 0 aliphatic rings. The van der Waals surface area contributed by atoms with Gasteiger partial charge in [-0.15, -0.1) is 5.10 Å². The number of anilines is 1. The number of hydrogen-bond donors (Lipinski definition) is 2. The highest BCUT2D eigenvalue weighted by Gasteiger charge is 2.09. The van der Waals surface area contributed by atoms with Gasteiger partial charge in [-0.1, -0.05) is 12.1 Å². The predicted octanol–water partition coefficient (Wildman–Crippen LogP) is 0.739. The first kappa shape index (κ1) is 18.2. The summed E-state index contributed by atoms with van der Waals surface area (Å²) in [6, 6.07) is 7.37. The minimum atomic E-state index is -0.309. The van der Waals surface area contributed by atoms with Gasteiger partial charge in [0.1, 0.15) is 12.3 Å². The van der Waals surface area contributed by atoms with E-state index < -0.39 is 0 Å². The zero-order valence-corrected chi connectivity index (χ0v) is 14.5. The second kappa shape index (κ2) is 8.67. The third-order valence-corrected chi connectivity index (χ3v) is 3.36. The van der Waals surface area contributed by atoms with E-state index in [1.807, 2.05) is 24.3 Å². The number of rotatable bonds is 7. The third kappa shape index (κ3) is 5.79. The summed E-state index contributed by atoms with van der Waals surface area (Å²) in [7, 11) is 4.86. The largest absolute Gasteiger partial charge is 0.497 e. The number of urea groups is 1. The SMILES string of the molecule is COc1ccc(CCNC(=O)Cn2ncc(NC(=O)N(C)C)n2)cc1. The van der Waals surface area contributed by atoms with Gasteiger partial charge in [0.2, 0.25) is 5.91 Å². The van der Waals surface area contributed by atoms with Crippen LogP contribution in [0.5, 0.6) is 5.75 Å². The smallest absolute Gasteiger partial charge is 0.322 e. The Bertz CT molecular complexity index is 711. The highest BCUT2D eigenvalue weighted by Crippen LogP contribution is 2.11. The van der Waals surface area contributed by atoms with Crippen molar-refractivity contribution in [1.82, 2.24) is 25.2 Å². The van der Waals surface area contributed by atoms with Gasteiger partial charge in [-0.3, -0.25) is 10.1 Å². The van der Waals surface area contributed by atoms with Crippen molar-refractivity contribution in [1.29, 1.82) is 0 Å². The molecule has 3 amide bonds. The highest BCUT2D eigenvalue weighted by molar-refractivity contribution is 5.87. The number of carbonyl (C=O) groups excluding carboxylic acids is 2. The van der Waals surface area contributed by atoms with Crippen molar-refractivity contribution in [3.63, 3.8) is 0 Å². The molecule has 0 saturated carbocycles. The van der Waals surface area contributed by atoms with E-state index >= 15 is 0 Å². The Morgan fingerprint density at radius 1 is 1.24 bits per heavy atom. The topological polar surface area (TPSA) is 101 Å². The Morgan fingerprint density at radius 2 is 1.96 bits per heavy atom. The third-order valence-electron chi connectivity index (χ3n) is 3.36. The van der Waals surface area contributed by atoms with Gasteiger partial charge in [-0.2, -0.15) is 9.90 Å². The van der Waals surface area contributed by atoms with Gasteiger partial charge in [-0.25, -0.2) is 4.79 Å². The van der Waals surface area contributed by atoms with Crippen LogP contribution in [0.15, 0.2) is 30.5 Å². The van der Waals surface area contributed by atoms with Crippen LogP contribution < -0.4 is 15.4 Å². The van der Waals surface area contributed by atoms with Crippen molar-refractivity contribution in [3.05, 3.63) is 36.0 Å². The summed E-state index contributed by atoms with van der Waals surface area (Å²) in [5, 5.41) is 13.4. The van der Waals surface area contributed by atoms with Crippen LogP contribution in [0.1, 0.15) is 5.56 Å². The number of ether oxygens (including phenoxy) is 1. The zero-order chi connectivity index (χ0) is 18.2. The molecule has 2 aromatic rings. The lowest BCUT2D eigenvalue weighted by Crippen LogP contribution is -2.30. The molecular weight excluding hydrogens is 324 g/mol. The molecule has 1 aromatic carbocycles. The van der Waals surface area contributed by atoms with Crippen molar-refractivity contribution < 1.29 is 14.3 Å². The van der Waals surface area contributed by atoms with Gasteiger partial charge in [-0.05, 0) is 24.1 Å². The molecule has 0 atom stereocenters. The van der Waals surface area contributed by atoms with E-state index in [0.717, 1.165) is 11.3 Å². The first-order chi connectivity index (χ1) is 12.0. The molecule has 0 aliphatic heterocycles. The number of nitrogens with zero attached hydrogens (tertiary/aromatic N) is 4. The van der Waals surface area contributed by atoms with E-state index in [4.69, 9.17) is 4.74 Å². The van der Waals surface area contributed by atoms with Crippen molar-refractivity contribution in [3.8, 4) is 5.75 Å². The Hall–Kier alpha value is -3.10. The predicted molar refractivity (Wildman–Crippen MR) is 92.4 cm³/mol. The minimum absolute atomic E-state index is 0.0134. The second-order valence-corrected chi connectivity index (χ2v) is 5.53. The Labute approximate surface area is 145 Å². The van der Waals surface area contributed by atoms with E-state index in [2.05, 4.69) is 20.8 Å². The monoisotopic (exact) mass is 346 g/mol. The quantitative estimate of drug-likeness (QED) is 0.770. The van der Waals surface area contributed by atoms with Crippen LogP contribution >= 0.6 is 0 Å². The molecule has 1 heterocycles. The first-order valence-corrected chi connectivity index (χ1v) is 7.76. The lowest BCUT2D eigenvalue weighted by molar-refractivity contribution is -0.122. The van der Waals surface area contributed by atoms with Crippen LogP contribution in [-0.2, 0) is 17.8 Å². The molecule has 2 N–H and O–H groups in total. The zero-order valence-electron chi connectivity index (χ0n) is 14.5. The molecule has 0 aliphatic carbocycles. The lowest BCUT2D eigenvalue weighted by atomic mass is 10.1. The van der Waals surface area contributed by atoms with E-state index in [-0.39, 0.29) is 18.5 Å². The normalized spacial score (nSPS) is 10.2. The van der Waals surface area contributed by atoms with Crippen LogP contribution in [0, 0.1) is 0 Å². The summed E-state index contributed by atoms with van der Waals surface area (Å²) in [4.78, 5) is 26.0. The van der Waals surface area contributed by atoms with Gasteiger partial charge in [0.05, 0.1) is 13.3 Å². The van der Waals surface area contributed by atoms with Crippen molar-refractivity contribution >= 4 is 17.8 Å². The number of hydrogen-bond acceptors (Lipinski definition) is 5. The maximum atomic E-state index is 11.9. The van der Waals surface area contributed by atoms with Crippen molar-refractivity contribution in [2.24, 2.45) is 0 Å². The minimum Gasteiger partial charge on any atom is -0.497 e. The number of amides is 3. The molecule has 9 heteroatoms. The van der Waals surface area contributed by atoms with Crippen molar-refractivity contribution in [2.75, 3.05) is 33.1 Å². The van der Waals surface area contributed by atoms with Gasteiger partial charge < -0.3 is 15.0 Å². The average molecular weight is 346 g/mol. The number of carbonyl (C=O) groups is 2.